The number of hydrogen-bond acceptors (Lipinski definition) is 6. The minimum absolute atomic E-state index is 0.326. The number of carbonyl (C=O) groups excluding carboxylic acids is 1. The molecule has 1 amide bonds. The van der Waals surface area contributed by atoms with Crippen molar-refractivity contribution in [3.63, 3.8) is 0 Å². The van der Waals surface area contributed by atoms with Gasteiger partial charge in [0.05, 0.1) is 39.4 Å². The number of para-hydroxylation sites is 1. The van der Waals surface area contributed by atoms with Gasteiger partial charge in [-0.2, -0.15) is 10.2 Å². The molecule has 2 aromatic carbocycles. The lowest BCUT2D eigenvalue weighted by Gasteiger charge is -2.13. The molecule has 1 aromatic heterocycles. The summed E-state index contributed by atoms with van der Waals surface area (Å²) in [5.41, 5.74) is 4.48. The molecule has 0 radical (unpaired) electrons. The molecule has 8 nitrogen and oxygen atoms in total. The number of aromatic nitrogens is 2. The summed E-state index contributed by atoms with van der Waals surface area (Å²) in [6, 6.07) is 12.8. The van der Waals surface area contributed by atoms with E-state index in [1.165, 1.54) is 27.5 Å². The van der Waals surface area contributed by atoms with E-state index in [0.29, 0.717) is 22.8 Å². The van der Waals surface area contributed by atoms with Crippen LogP contribution in [0.1, 0.15) is 15.9 Å². The maximum Gasteiger partial charge on any atom is 0.271 e. The molecule has 1 heterocycles. The van der Waals surface area contributed by atoms with E-state index in [1.54, 1.807) is 23.0 Å². The van der Waals surface area contributed by atoms with Crippen LogP contribution in [0, 0.1) is 0 Å². The van der Waals surface area contributed by atoms with Crippen LogP contribution in [0.25, 0.3) is 5.69 Å². The molecule has 0 bridgehead atoms. The zero-order chi connectivity index (χ0) is 19.9. The molecule has 0 aliphatic heterocycles. The molecule has 0 saturated heterocycles. The topological polar surface area (TPSA) is 87.0 Å². The van der Waals surface area contributed by atoms with Crippen molar-refractivity contribution in [1.29, 1.82) is 0 Å². The standard InChI is InChI=1S/C20H20N4O4/c1-26-17-9-15(10-18(27-2)19(17)28-3)20(25)23-21-11-14-12-22-24(13-14)16-7-5-4-6-8-16/h4-13H,1-3H3,(H,23,25)/b21-11-. The van der Waals surface area contributed by atoms with E-state index in [9.17, 15) is 4.79 Å². The second kappa shape index (κ2) is 8.72. The van der Waals surface area contributed by atoms with Crippen molar-refractivity contribution in [2.24, 2.45) is 5.10 Å². The van der Waals surface area contributed by atoms with Gasteiger partial charge in [0.1, 0.15) is 0 Å². The number of amides is 1. The molecule has 1 N–H and O–H groups in total. The first kappa shape index (κ1) is 19.0. The Labute approximate surface area is 162 Å². The summed E-state index contributed by atoms with van der Waals surface area (Å²) in [4.78, 5) is 12.4. The van der Waals surface area contributed by atoms with E-state index in [4.69, 9.17) is 14.2 Å². The van der Waals surface area contributed by atoms with Crippen LogP contribution < -0.4 is 19.6 Å². The molecule has 0 spiro atoms. The van der Waals surface area contributed by atoms with Crippen molar-refractivity contribution < 1.29 is 19.0 Å². The predicted octanol–water partition coefficient (Wildman–Crippen LogP) is 2.66. The Bertz CT molecular complexity index is 958. The van der Waals surface area contributed by atoms with E-state index in [1.807, 2.05) is 36.5 Å². The summed E-state index contributed by atoms with van der Waals surface area (Å²) in [6.07, 6.45) is 4.98. The predicted molar refractivity (Wildman–Crippen MR) is 105 cm³/mol. The Morgan fingerprint density at radius 2 is 1.75 bits per heavy atom. The summed E-state index contributed by atoms with van der Waals surface area (Å²) in [5, 5.41) is 8.26. The van der Waals surface area contributed by atoms with E-state index >= 15 is 0 Å². The van der Waals surface area contributed by atoms with Gasteiger partial charge in [-0.3, -0.25) is 4.79 Å². The quantitative estimate of drug-likeness (QED) is 0.503. The van der Waals surface area contributed by atoms with Gasteiger partial charge in [-0.1, -0.05) is 18.2 Å². The maximum atomic E-state index is 12.4. The van der Waals surface area contributed by atoms with Crippen molar-refractivity contribution in [3.8, 4) is 22.9 Å². The number of nitrogens with one attached hydrogen (secondary N) is 1. The summed E-state index contributed by atoms with van der Waals surface area (Å²) in [5.74, 6) is 0.782. The van der Waals surface area contributed by atoms with Crippen LogP contribution in [0.5, 0.6) is 17.2 Å². The minimum Gasteiger partial charge on any atom is -0.493 e. The first-order chi connectivity index (χ1) is 13.7. The molecule has 0 aliphatic rings. The lowest BCUT2D eigenvalue weighted by Crippen LogP contribution is -2.18. The fourth-order valence-corrected chi connectivity index (χ4v) is 2.57. The van der Waals surface area contributed by atoms with Gasteiger partial charge < -0.3 is 14.2 Å². The molecule has 0 fully saturated rings. The van der Waals surface area contributed by atoms with Gasteiger partial charge in [0.15, 0.2) is 11.5 Å². The first-order valence-corrected chi connectivity index (χ1v) is 8.39. The molecule has 3 aromatic rings. The Kier molecular flexibility index (Phi) is 5.91. The molecular formula is C20H20N4O4. The highest BCUT2D eigenvalue weighted by Gasteiger charge is 2.16. The molecule has 3 rings (SSSR count). The summed E-state index contributed by atoms with van der Waals surface area (Å²) < 4.78 is 17.5. The van der Waals surface area contributed by atoms with Crippen LogP contribution in [-0.2, 0) is 0 Å². The first-order valence-electron chi connectivity index (χ1n) is 8.39. The van der Waals surface area contributed by atoms with Crippen LogP contribution >= 0.6 is 0 Å². The number of ether oxygens (including phenoxy) is 3. The molecule has 0 aliphatic carbocycles. The van der Waals surface area contributed by atoms with Crippen molar-refractivity contribution in [1.82, 2.24) is 15.2 Å². The van der Waals surface area contributed by atoms with Gasteiger partial charge in [0.25, 0.3) is 5.91 Å². The number of rotatable bonds is 7. The zero-order valence-electron chi connectivity index (χ0n) is 15.7. The monoisotopic (exact) mass is 380 g/mol. The van der Waals surface area contributed by atoms with Crippen LogP contribution in [0.4, 0.5) is 0 Å². The van der Waals surface area contributed by atoms with Crippen LogP contribution in [-0.4, -0.2) is 43.2 Å². The van der Waals surface area contributed by atoms with Crippen molar-refractivity contribution in [3.05, 3.63) is 66.0 Å². The highest BCUT2D eigenvalue weighted by Crippen LogP contribution is 2.38. The Balaban J connectivity index is 1.71. The fraction of sp³-hybridized carbons (Fsp3) is 0.150. The third-order valence-electron chi connectivity index (χ3n) is 3.93. The second-order valence-corrected chi connectivity index (χ2v) is 5.67. The lowest BCUT2D eigenvalue weighted by atomic mass is 10.1. The molecule has 28 heavy (non-hydrogen) atoms. The Hall–Kier alpha value is -3.81. The van der Waals surface area contributed by atoms with E-state index in [-0.39, 0.29) is 0 Å². The van der Waals surface area contributed by atoms with Crippen LogP contribution in [0.3, 0.4) is 0 Å². The van der Waals surface area contributed by atoms with Crippen molar-refractivity contribution in [2.45, 2.75) is 0 Å². The van der Waals surface area contributed by atoms with Gasteiger partial charge in [-0.15, -0.1) is 0 Å². The number of benzene rings is 2. The van der Waals surface area contributed by atoms with Gasteiger partial charge >= 0.3 is 0 Å². The third-order valence-corrected chi connectivity index (χ3v) is 3.93. The van der Waals surface area contributed by atoms with Crippen molar-refractivity contribution >= 4 is 12.1 Å². The summed E-state index contributed by atoms with van der Waals surface area (Å²) >= 11 is 0. The number of hydrazone groups is 1. The molecule has 144 valence electrons. The zero-order valence-corrected chi connectivity index (χ0v) is 15.7. The molecule has 8 heteroatoms. The number of carbonyl (C=O) groups is 1. The van der Waals surface area contributed by atoms with Crippen LogP contribution in [0.2, 0.25) is 0 Å². The average Bonchev–Trinajstić information content (AvgIpc) is 3.22. The van der Waals surface area contributed by atoms with Crippen LogP contribution in [0.15, 0.2) is 60.0 Å². The van der Waals surface area contributed by atoms with Gasteiger partial charge in [0, 0.05) is 17.3 Å². The fourth-order valence-electron chi connectivity index (χ4n) is 2.57. The third kappa shape index (κ3) is 4.12. The SMILES string of the molecule is COc1cc(C(=O)N/N=C\c2cnn(-c3ccccc3)c2)cc(OC)c1OC. The largest absolute Gasteiger partial charge is 0.493 e. The second-order valence-electron chi connectivity index (χ2n) is 5.67. The summed E-state index contributed by atoms with van der Waals surface area (Å²) in [6.45, 7) is 0. The van der Waals surface area contributed by atoms with E-state index in [2.05, 4.69) is 15.6 Å². The Morgan fingerprint density at radius 3 is 2.36 bits per heavy atom. The molecule has 0 saturated carbocycles. The number of methoxy groups -OCH3 is 3. The molecular weight excluding hydrogens is 360 g/mol. The van der Waals surface area contributed by atoms with E-state index < -0.39 is 5.91 Å². The lowest BCUT2D eigenvalue weighted by molar-refractivity contribution is 0.0954. The molecule has 0 unspecified atom stereocenters. The Morgan fingerprint density at radius 1 is 1.07 bits per heavy atom. The average molecular weight is 380 g/mol. The van der Waals surface area contributed by atoms with Gasteiger partial charge in [0.2, 0.25) is 5.75 Å². The normalized spacial score (nSPS) is 10.7. The smallest absolute Gasteiger partial charge is 0.271 e. The summed E-state index contributed by atoms with van der Waals surface area (Å²) in [7, 11) is 4.48. The minimum atomic E-state index is -0.411. The maximum absolute atomic E-state index is 12.4. The highest BCUT2D eigenvalue weighted by molar-refractivity contribution is 5.96. The van der Waals surface area contributed by atoms with Gasteiger partial charge in [-0.05, 0) is 24.3 Å². The molecule has 0 atom stereocenters. The number of hydrogen-bond donors (Lipinski definition) is 1. The van der Waals surface area contributed by atoms with E-state index in [0.717, 1.165) is 11.3 Å². The number of nitrogens with zero attached hydrogens (tertiary/aromatic N) is 3. The van der Waals surface area contributed by atoms with Gasteiger partial charge in [-0.25, -0.2) is 10.1 Å². The highest BCUT2D eigenvalue weighted by atomic mass is 16.5. The van der Waals surface area contributed by atoms with Crippen molar-refractivity contribution in [2.75, 3.05) is 21.3 Å².